The Bertz CT molecular complexity index is 873. The van der Waals surface area contributed by atoms with Crippen LogP contribution < -0.4 is 9.54 Å². The predicted octanol–water partition coefficient (Wildman–Crippen LogP) is 3.36. The van der Waals surface area contributed by atoms with Gasteiger partial charge in [0, 0.05) is 7.05 Å². The van der Waals surface area contributed by atoms with Crippen molar-refractivity contribution in [3.8, 4) is 5.75 Å². The summed E-state index contributed by atoms with van der Waals surface area (Å²) in [5.74, 6) is 0.586. The van der Waals surface area contributed by atoms with E-state index >= 15 is 0 Å². The number of rotatable bonds is 2. The number of carbonyl (C=O) groups is 1. The number of amides is 1. The van der Waals surface area contributed by atoms with Crippen molar-refractivity contribution in [1.82, 2.24) is 4.57 Å². The molecule has 0 saturated heterocycles. The molecule has 1 amide bonds. The standard InChI is InChI=1S/C15H14N2O2S2/c1-9-6-7-10(19-3)12-13(9)21-15(17(12)2)16-14(18)11-5-4-8-20-11/h4-8H,1-3H3. The molecule has 108 valence electrons. The highest BCUT2D eigenvalue weighted by Crippen LogP contribution is 2.29. The summed E-state index contributed by atoms with van der Waals surface area (Å²) in [5.41, 5.74) is 2.12. The van der Waals surface area contributed by atoms with Gasteiger partial charge in [0.15, 0.2) is 4.80 Å². The molecule has 0 aliphatic carbocycles. The first-order chi connectivity index (χ1) is 10.1. The molecular weight excluding hydrogens is 304 g/mol. The summed E-state index contributed by atoms with van der Waals surface area (Å²) < 4.78 is 8.42. The fraction of sp³-hybridized carbons (Fsp3) is 0.200. The van der Waals surface area contributed by atoms with Crippen molar-refractivity contribution < 1.29 is 9.53 Å². The van der Waals surface area contributed by atoms with Gasteiger partial charge in [0.1, 0.15) is 11.3 Å². The largest absolute Gasteiger partial charge is 0.495 e. The number of aromatic nitrogens is 1. The topological polar surface area (TPSA) is 43.6 Å². The fourth-order valence-electron chi connectivity index (χ4n) is 2.16. The van der Waals surface area contributed by atoms with Crippen LogP contribution in [0.2, 0.25) is 0 Å². The summed E-state index contributed by atoms with van der Waals surface area (Å²) in [6.45, 7) is 2.04. The minimum absolute atomic E-state index is 0.205. The van der Waals surface area contributed by atoms with E-state index in [0.717, 1.165) is 21.5 Å². The first-order valence-corrected chi connectivity index (χ1v) is 8.07. The lowest BCUT2D eigenvalue weighted by Crippen LogP contribution is -2.13. The maximum atomic E-state index is 12.1. The molecule has 0 spiro atoms. The van der Waals surface area contributed by atoms with Gasteiger partial charge in [-0.25, -0.2) is 0 Å². The van der Waals surface area contributed by atoms with Crippen LogP contribution in [-0.2, 0) is 7.05 Å². The Morgan fingerprint density at radius 2 is 2.14 bits per heavy atom. The molecule has 3 rings (SSSR count). The number of benzene rings is 1. The molecule has 0 radical (unpaired) electrons. The minimum Gasteiger partial charge on any atom is -0.495 e. The van der Waals surface area contributed by atoms with Gasteiger partial charge in [-0.3, -0.25) is 4.79 Å². The predicted molar refractivity (Wildman–Crippen MR) is 86.3 cm³/mol. The molecule has 1 aromatic carbocycles. The summed E-state index contributed by atoms with van der Waals surface area (Å²) in [6, 6.07) is 7.60. The first kappa shape index (κ1) is 14.0. The van der Waals surface area contributed by atoms with Crippen LogP contribution in [0.1, 0.15) is 15.2 Å². The Labute approximate surface area is 130 Å². The van der Waals surface area contributed by atoms with Gasteiger partial charge < -0.3 is 9.30 Å². The lowest BCUT2D eigenvalue weighted by Gasteiger charge is -2.05. The Morgan fingerprint density at radius 3 is 2.81 bits per heavy atom. The van der Waals surface area contributed by atoms with Gasteiger partial charge in [0.05, 0.1) is 16.7 Å². The maximum Gasteiger partial charge on any atom is 0.289 e. The van der Waals surface area contributed by atoms with Crippen molar-refractivity contribution in [2.24, 2.45) is 12.0 Å². The van der Waals surface area contributed by atoms with E-state index in [1.54, 1.807) is 13.2 Å². The summed E-state index contributed by atoms with van der Waals surface area (Å²) >= 11 is 2.91. The lowest BCUT2D eigenvalue weighted by atomic mass is 10.2. The van der Waals surface area contributed by atoms with Crippen LogP contribution in [0.3, 0.4) is 0 Å². The molecule has 0 saturated carbocycles. The number of hydrogen-bond acceptors (Lipinski definition) is 4. The number of nitrogens with zero attached hydrogens (tertiary/aromatic N) is 2. The van der Waals surface area contributed by atoms with E-state index in [4.69, 9.17) is 4.74 Å². The van der Waals surface area contributed by atoms with Crippen LogP contribution in [0, 0.1) is 6.92 Å². The molecule has 0 fully saturated rings. The van der Waals surface area contributed by atoms with E-state index < -0.39 is 0 Å². The molecule has 0 N–H and O–H groups in total. The average molecular weight is 318 g/mol. The fourth-order valence-corrected chi connectivity index (χ4v) is 3.87. The van der Waals surface area contributed by atoms with Crippen molar-refractivity contribution >= 4 is 38.8 Å². The van der Waals surface area contributed by atoms with Crippen LogP contribution in [-0.4, -0.2) is 17.6 Å². The van der Waals surface area contributed by atoms with Crippen molar-refractivity contribution in [1.29, 1.82) is 0 Å². The second-order valence-corrected chi connectivity index (χ2v) is 6.53. The Morgan fingerprint density at radius 1 is 1.33 bits per heavy atom. The van der Waals surface area contributed by atoms with Crippen LogP contribution >= 0.6 is 22.7 Å². The van der Waals surface area contributed by atoms with E-state index in [0.29, 0.717) is 9.68 Å². The highest BCUT2D eigenvalue weighted by molar-refractivity contribution is 7.16. The summed E-state index contributed by atoms with van der Waals surface area (Å²) in [7, 11) is 3.55. The average Bonchev–Trinajstić information content (AvgIpc) is 3.10. The molecule has 0 aliphatic heterocycles. The number of carbonyl (C=O) groups excluding carboxylic acids is 1. The zero-order chi connectivity index (χ0) is 15.0. The van der Waals surface area contributed by atoms with E-state index in [-0.39, 0.29) is 5.91 Å². The van der Waals surface area contributed by atoms with Gasteiger partial charge in [-0.1, -0.05) is 23.5 Å². The number of methoxy groups -OCH3 is 1. The summed E-state index contributed by atoms with van der Waals surface area (Å²) in [5, 5.41) is 1.88. The molecule has 0 atom stereocenters. The van der Waals surface area contributed by atoms with Crippen LogP contribution in [0.25, 0.3) is 10.2 Å². The molecule has 0 aliphatic rings. The molecule has 2 aromatic heterocycles. The van der Waals surface area contributed by atoms with Crippen LogP contribution in [0.4, 0.5) is 0 Å². The number of fused-ring (bicyclic) bond motifs is 1. The highest BCUT2D eigenvalue weighted by atomic mass is 32.1. The molecule has 0 bridgehead atoms. The van der Waals surface area contributed by atoms with Crippen LogP contribution in [0.5, 0.6) is 5.75 Å². The zero-order valence-corrected chi connectivity index (χ0v) is 13.5. The molecule has 2 heterocycles. The maximum absolute atomic E-state index is 12.1. The number of hydrogen-bond donors (Lipinski definition) is 0. The van der Waals surface area contributed by atoms with E-state index in [1.807, 2.05) is 42.1 Å². The molecule has 3 aromatic rings. The number of thiophene rings is 1. The number of thiazole rings is 1. The van der Waals surface area contributed by atoms with Gasteiger partial charge in [0.25, 0.3) is 5.91 Å². The Kier molecular flexibility index (Phi) is 3.65. The van der Waals surface area contributed by atoms with Crippen LogP contribution in [0.15, 0.2) is 34.6 Å². The van der Waals surface area contributed by atoms with E-state index in [1.165, 1.54) is 22.7 Å². The Balaban J connectivity index is 2.23. The van der Waals surface area contributed by atoms with Gasteiger partial charge >= 0.3 is 0 Å². The first-order valence-electron chi connectivity index (χ1n) is 6.37. The van der Waals surface area contributed by atoms with Gasteiger partial charge in [-0.2, -0.15) is 4.99 Å². The molecule has 6 heteroatoms. The number of aryl methyl sites for hydroxylation is 2. The second-order valence-electron chi connectivity index (χ2n) is 4.60. The molecular formula is C15H14N2O2S2. The normalized spacial score (nSPS) is 12.0. The molecule has 4 nitrogen and oxygen atoms in total. The quantitative estimate of drug-likeness (QED) is 0.727. The number of ether oxygens (including phenoxy) is 1. The Hall–Kier alpha value is -1.92. The summed E-state index contributed by atoms with van der Waals surface area (Å²) in [4.78, 5) is 17.7. The minimum atomic E-state index is -0.205. The SMILES string of the molecule is COc1ccc(C)c2sc(=NC(=O)c3cccs3)n(C)c12. The highest BCUT2D eigenvalue weighted by Gasteiger charge is 2.12. The zero-order valence-electron chi connectivity index (χ0n) is 11.9. The molecule has 21 heavy (non-hydrogen) atoms. The van der Waals surface area contributed by atoms with Crippen molar-refractivity contribution in [3.63, 3.8) is 0 Å². The summed E-state index contributed by atoms with van der Waals surface area (Å²) in [6.07, 6.45) is 0. The van der Waals surface area contributed by atoms with Gasteiger partial charge in [-0.05, 0) is 30.0 Å². The molecule has 0 unspecified atom stereocenters. The van der Waals surface area contributed by atoms with Crippen molar-refractivity contribution in [2.45, 2.75) is 6.92 Å². The third-order valence-corrected chi connectivity index (χ3v) is 5.38. The van der Waals surface area contributed by atoms with Gasteiger partial charge in [-0.15, -0.1) is 11.3 Å². The lowest BCUT2D eigenvalue weighted by molar-refractivity contribution is 0.100. The van der Waals surface area contributed by atoms with E-state index in [2.05, 4.69) is 4.99 Å². The monoisotopic (exact) mass is 318 g/mol. The third-order valence-electron chi connectivity index (χ3n) is 3.26. The smallest absolute Gasteiger partial charge is 0.289 e. The second kappa shape index (κ2) is 5.46. The van der Waals surface area contributed by atoms with E-state index in [9.17, 15) is 4.79 Å². The third kappa shape index (κ3) is 2.41. The van der Waals surface area contributed by atoms with Gasteiger partial charge in [0.2, 0.25) is 0 Å². The van der Waals surface area contributed by atoms with Crippen molar-refractivity contribution in [3.05, 3.63) is 44.9 Å². The van der Waals surface area contributed by atoms with Crippen molar-refractivity contribution in [2.75, 3.05) is 7.11 Å².